The number of likely N-dealkylation sites (N-methyl/N-ethyl adjacent to an activating group) is 1. The van der Waals surface area contributed by atoms with Gasteiger partial charge in [-0.15, -0.1) is 0 Å². The zero-order valence-electron chi connectivity index (χ0n) is 11.3. The third-order valence-electron chi connectivity index (χ3n) is 4.32. The molecule has 1 saturated carbocycles. The summed E-state index contributed by atoms with van der Waals surface area (Å²) in [5.41, 5.74) is 0. The molecule has 1 amide bonds. The van der Waals surface area contributed by atoms with Crippen LogP contribution < -0.4 is 0 Å². The van der Waals surface area contributed by atoms with Gasteiger partial charge < -0.3 is 4.90 Å². The number of amides is 1. The van der Waals surface area contributed by atoms with E-state index in [9.17, 15) is 10.1 Å². The second-order valence-electron chi connectivity index (χ2n) is 5.58. The van der Waals surface area contributed by atoms with E-state index in [1.165, 1.54) is 12.8 Å². The third-order valence-corrected chi connectivity index (χ3v) is 4.32. The zero-order valence-corrected chi connectivity index (χ0v) is 11.3. The van der Waals surface area contributed by atoms with Crippen molar-refractivity contribution in [2.75, 3.05) is 26.7 Å². The SMILES string of the molecule is CN1CCCN(C2CCCCCC2C#N)CC1=O. The summed E-state index contributed by atoms with van der Waals surface area (Å²) in [6.45, 7) is 2.30. The van der Waals surface area contributed by atoms with E-state index >= 15 is 0 Å². The molecule has 0 aromatic rings. The van der Waals surface area contributed by atoms with Crippen LogP contribution in [-0.4, -0.2) is 48.4 Å². The molecule has 18 heavy (non-hydrogen) atoms. The molecule has 0 aromatic carbocycles. The van der Waals surface area contributed by atoms with Gasteiger partial charge in [0.2, 0.25) is 5.91 Å². The molecule has 1 aliphatic carbocycles. The molecule has 1 heterocycles. The van der Waals surface area contributed by atoms with Gasteiger partial charge in [0, 0.05) is 26.2 Å². The second kappa shape index (κ2) is 6.19. The maximum absolute atomic E-state index is 11.9. The Morgan fingerprint density at radius 2 is 1.94 bits per heavy atom. The summed E-state index contributed by atoms with van der Waals surface area (Å²) in [4.78, 5) is 16.0. The average Bonchev–Trinajstić information content (AvgIpc) is 2.69. The fourth-order valence-corrected chi connectivity index (χ4v) is 3.17. The number of nitriles is 1. The first kappa shape index (κ1) is 13.4. The molecular formula is C14H23N3O. The first-order valence-corrected chi connectivity index (χ1v) is 7.10. The number of hydrogen-bond acceptors (Lipinski definition) is 3. The fourth-order valence-electron chi connectivity index (χ4n) is 3.17. The summed E-state index contributed by atoms with van der Waals surface area (Å²) in [6, 6.07) is 2.77. The van der Waals surface area contributed by atoms with E-state index in [2.05, 4.69) is 11.0 Å². The van der Waals surface area contributed by atoms with Gasteiger partial charge in [0.15, 0.2) is 0 Å². The number of rotatable bonds is 1. The molecule has 2 atom stereocenters. The predicted molar refractivity (Wildman–Crippen MR) is 69.8 cm³/mol. The highest BCUT2D eigenvalue weighted by atomic mass is 16.2. The summed E-state index contributed by atoms with van der Waals surface area (Å²) < 4.78 is 0. The van der Waals surface area contributed by atoms with Gasteiger partial charge in [-0.05, 0) is 19.3 Å². The fraction of sp³-hybridized carbons (Fsp3) is 0.857. The van der Waals surface area contributed by atoms with Crippen molar-refractivity contribution in [1.29, 1.82) is 5.26 Å². The molecule has 2 rings (SSSR count). The van der Waals surface area contributed by atoms with Gasteiger partial charge >= 0.3 is 0 Å². The molecule has 0 radical (unpaired) electrons. The minimum absolute atomic E-state index is 0.115. The van der Waals surface area contributed by atoms with E-state index in [0.29, 0.717) is 12.6 Å². The largest absolute Gasteiger partial charge is 0.345 e. The highest BCUT2D eigenvalue weighted by Gasteiger charge is 2.31. The van der Waals surface area contributed by atoms with Crippen molar-refractivity contribution < 1.29 is 4.79 Å². The van der Waals surface area contributed by atoms with Crippen molar-refractivity contribution in [3.05, 3.63) is 0 Å². The molecule has 0 N–H and O–H groups in total. The van der Waals surface area contributed by atoms with Crippen LogP contribution >= 0.6 is 0 Å². The Bertz CT molecular complexity index is 336. The van der Waals surface area contributed by atoms with Crippen LogP contribution in [0.4, 0.5) is 0 Å². The van der Waals surface area contributed by atoms with Crippen LogP contribution in [0.2, 0.25) is 0 Å². The highest BCUT2D eigenvalue weighted by Crippen LogP contribution is 2.27. The standard InChI is InChI=1S/C14H23N3O/c1-16-8-5-9-17(11-14(16)18)13-7-4-2-3-6-12(13)10-15/h12-13H,2-9,11H2,1H3. The van der Waals surface area contributed by atoms with Crippen molar-refractivity contribution in [2.24, 2.45) is 5.92 Å². The Morgan fingerprint density at radius 3 is 2.72 bits per heavy atom. The molecule has 2 unspecified atom stereocenters. The van der Waals surface area contributed by atoms with Gasteiger partial charge in [-0.25, -0.2) is 0 Å². The first-order chi connectivity index (χ1) is 8.72. The van der Waals surface area contributed by atoms with Crippen molar-refractivity contribution in [3.8, 4) is 6.07 Å². The predicted octanol–water partition coefficient (Wildman–Crippen LogP) is 1.62. The number of carbonyl (C=O) groups is 1. The molecule has 0 spiro atoms. The van der Waals surface area contributed by atoms with Gasteiger partial charge in [0.25, 0.3) is 0 Å². The lowest BCUT2D eigenvalue weighted by Crippen LogP contribution is -2.43. The molecule has 1 saturated heterocycles. The average molecular weight is 249 g/mol. The normalized spacial score (nSPS) is 31.6. The molecule has 0 bridgehead atoms. The highest BCUT2D eigenvalue weighted by molar-refractivity contribution is 5.78. The monoisotopic (exact) mass is 249 g/mol. The number of hydrogen-bond donors (Lipinski definition) is 0. The molecule has 2 fully saturated rings. The van der Waals surface area contributed by atoms with E-state index in [1.807, 2.05) is 11.9 Å². The lowest BCUT2D eigenvalue weighted by Gasteiger charge is -2.31. The van der Waals surface area contributed by atoms with Crippen LogP contribution in [0.3, 0.4) is 0 Å². The zero-order chi connectivity index (χ0) is 13.0. The Morgan fingerprint density at radius 1 is 1.17 bits per heavy atom. The minimum Gasteiger partial charge on any atom is -0.345 e. The molecule has 100 valence electrons. The van der Waals surface area contributed by atoms with Crippen LogP contribution in [0.25, 0.3) is 0 Å². The number of nitrogens with zero attached hydrogens (tertiary/aromatic N) is 3. The van der Waals surface area contributed by atoms with Gasteiger partial charge in [0.05, 0.1) is 18.5 Å². The summed E-state index contributed by atoms with van der Waals surface area (Å²) in [5, 5.41) is 9.33. The summed E-state index contributed by atoms with van der Waals surface area (Å²) >= 11 is 0. The summed E-state index contributed by atoms with van der Waals surface area (Å²) in [5.74, 6) is 0.317. The molecule has 1 aliphatic heterocycles. The Hall–Kier alpha value is -1.08. The van der Waals surface area contributed by atoms with Crippen molar-refractivity contribution in [2.45, 2.75) is 44.6 Å². The van der Waals surface area contributed by atoms with E-state index in [-0.39, 0.29) is 11.8 Å². The lowest BCUT2D eigenvalue weighted by atomic mass is 9.94. The van der Waals surface area contributed by atoms with E-state index in [1.54, 1.807) is 0 Å². The third kappa shape index (κ3) is 3.02. The van der Waals surface area contributed by atoms with Gasteiger partial charge in [-0.1, -0.05) is 19.3 Å². The van der Waals surface area contributed by atoms with Crippen LogP contribution in [0.15, 0.2) is 0 Å². The topological polar surface area (TPSA) is 47.3 Å². The van der Waals surface area contributed by atoms with Gasteiger partial charge in [-0.3, -0.25) is 9.69 Å². The molecule has 4 nitrogen and oxygen atoms in total. The Labute approximate surface area is 110 Å². The molecule has 2 aliphatic rings. The maximum Gasteiger partial charge on any atom is 0.236 e. The first-order valence-electron chi connectivity index (χ1n) is 7.10. The summed E-state index contributed by atoms with van der Waals surface area (Å²) in [7, 11) is 1.88. The minimum atomic E-state index is 0.115. The Balaban J connectivity index is 2.07. The van der Waals surface area contributed by atoms with Gasteiger partial charge in [0.1, 0.15) is 0 Å². The summed E-state index contributed by atoms with van der Waals surface area (Å²) in [6.07, 6.45) is 6.70. The smallest absolute Gasteiger partial charge is 0.236 e. The molecule has 0 aromatic heterocycles. The van der Waals surface area contributed by atoms with Crippen LogP contribution in [-0.2, 0) is 4.79 Å². The maximum atomic E-state index is 11.9. The number of carbonyl (C=O) groups excluding carboxylic acids is 1. The second-order valence-corrected chi connectivity index (χ2v) is 5.58. The van der Waals surface area contributed by atoms with Gasteiger partial charge in [-0.2, -0.15) is 5.26 Å². The van der Waals surface area contributed by atoms with Crippen molar-refractivity contribution in [3.63, 3.8) is 0 Å². The van der Waals surface area contributed by atoms with Crippen molar-refractivity contribution in [1.82, 2.24) is 9.80 Å². The van der Waals surface area contributed by atoms with Crippen LogP contribution in [0.1, 0.15) is 38.5 Å². The van der Waals surface area contributed by atoms with Crippen molar-refractivity contribution >= 4 is 5.91 Å². The quantitative estimate of drug-likeness (QED) is 0.663. The molecular weight excluding hydrogens is 226 g/mol. The lowest BCUT2D eigenvalue weighted by molar-refractivity contribution is -0.130. The van der Waals surface area contributed by atoms with Crippen LogP contribution in [0.5, 0.6) is 0 Å². The van der Waals surface area contributed by atoms with Crippen LogP contribution in [0, 0.1) is 17.2 Å². The van der Waals surface area contributed by atoms with E-state index in [4.69, 9.17) is 0 Å². The Kier molecular flexibility index (Phi) is 4.60. The van der Waals surface area contributed by atoms with E-state index in [0.717, 1.165) is 38.8 Å². The molecule has 4 heteroatoms. The van der Waals surface area contributed by atoms with E-state index < -0.39 is 0 Å².